The van der Waals surface area contributed by atoms with Gasteiger partial charge in [0.1, 0.15) is 6.04 Å². The van der Waals surface area contributed by atoms with Gasteiger partial charge in [0.05, 0.1) is 6.61 Å². The molecule has 58 valence electrons. The molecule has 10 heavy (non-hydrogen) atoms. The lowest BCUT2D eigenvalue weighted by atomic mass is 9.88. The molecule has 0 amide bonds. The van der Waals surface area contributed by atoms with Crippen molar-refractivity contribution in [2.24, 2.45) is 5.41 Å². The topological polar surface area (TPSA) is 38.3 Å². The monoisotopic (exact) mass is 143 g/mol. The minimum Gasteiger partial charge on any atom is -0.464 e. The van der Waals surface area contributed by atoms with Gasteiger partial charge in [-0.1, -0.05) is 13.8 Å². The van der Waals surface area contributed by atoms with Gasteiger partial charge in [0.15, 0.2) is 0 Å². The molecule has 0 unspecified atom stereocenters. The Kier molecular flexibility index (Phi) is 1.68. The number of ether oxygens (including phenoxy) is 1. The van der Waals surface area contributed by atoms with E-state index >= 15 is 0 Å². The molecule has 0 radical (unpaired) electrons. The average Bonchev–Trinajstić information content (AvgIpc) is 2.07. The largest absolute Gasteiger partial charge is 0.464 e. The van der Waals surface area contributed by atoms with Crippen molar-refractivity contribution in [2.75, 3.05) is 13.7 Å². The summed E-state index contributed by atoms with van der Waals surface area (Å²) in [5, 5.41) is 2.93. The fourth-order valence-corrected chi connectivity index (χ4v) is 1.25. The molecule has 0 aromatic rings. The van der Waals surface area contributed by atoms with Crippen molar-refractivity contribution in [3.8, 4) is 0 Å². The van der Waals surface area contributed by atoms with Crippen molar-refractivity contribution in [2.45, 2.75) is 19.9 Å². The van der Waals surface area contributed by atoms with Crippen molar-refractivity contribution in [3.63, 3.8) is 0 Å². The molecule has 0 spiro atoms. The lowest BCUT2D eigenvalue weighted by Crippen LogP contribution is -2.41. The molecule has 1 rings (SSSR count). The van der Waals surface area contributed by atoms with Crippen molar-refractivity contribution in [1.82, 2.24) is 5.32 Å². The summed E-state index contributed by atoms with van der Waals surface area (Å²) in [6.07, 6.45) is 0. The van der Waals surface area contributed by atoms with Crippen LogP contribution in [0.3, 0.4) is 0 Å². The predicted molar refractivity (Wildman–Crippen MR) is 37.6 cm³/mol. The first-order chi connectivity index (χ1) is 4.58. The van der Waals surface area contributed by atoms with E-state index in [2.05, 4.69) is 5.32 Å². The lowest BCUT2D eigenvalue weighted by molar-refractivity contribution is -0.139. The second-order valence-corrected chi connectivity index (χ2v) is 3.32. The Bertz CT molecular complexity index is 154. The smallest absolute Gasteiger partial charge is 0.323 e. The van der Waals surface area contributed by atoms with E-state index in [9.17, 15) is 4.79 Å². The number of rotatable bonds is 1. The van der Waals surface area contributed by atoms with Crippen LogP contribution in [0.5, 0.6) is 0 Å². The van der Waals surface area contributed by atoms with Gasteiger partial charge in [-0.25, -0.2) is 0 Å². The van der Waals surface area contributed by atoms with E-state index in [1.54, 1.807) is 7.05 Å². The van der Waals surface area contributed by atoms with Gasteiger partial charge in [-0.15, -0.1) is 0 Å². The molecule has 1 aliphatic rings. The normalized spacial score (nSPS) is 30.3. The van der Waals surface area contributed by atoms with Crippen LogP contribution >= 0.6 is 0 Å². The summed E-state index contributed by atoms with van der Waals surface area (Å²) in [5.41, 5.74) is -0.0498. The molecular weight excluding hydrogens is 130 g/mol. The van der Waals surface area contributed by atoms with E-state index in [0.29, 0.717) is 6.61 Å². The Morgan fingerprint density at radius 2 is 2.30 bits per heavy atom. The molecule has 0 aliphatic carbocycles. The summed E-state index contributed by atoms with van der Waals surface area (Å²) < 4.78 is 4.87. The first-order valence-electron chi connectivity index (χ1n) is 3.42. The third kappa shape index (κ3) is 1.01. The molecule has 1 aliphatic heterocycles. The highest BCUT2D eigenvalue weighted by atomic mass is 16.5. The number of esters is 1. The van der Waals surface area contributed by atoms with Gasteiger partial charge in [-0.2, -0.15) is 0 Å². The maximum absolute atomic E-state index is 10.9. The molecular formula is C7H13NO2. The van der Waals surface area contributed by atoms with Crippen LogP contribution in [0.1, 0.15) is 13.8 Å². The van der Waals surface area contributed by atoms with Gasteiger partial charge < -0.3 is 10.1 Å². The molecule has 1 heterocycles. The zero-order valence-electron chi connectivity index (χ0n) is 6.60. The zero-order valence-corrected chi connectivity index (χ0v) is 6.60. The molecule has 3 heteroatoms. The third-order valence-corrected chi connectivity index (χ3v) is 1.89. The molecule has 0 saturated carbocycles. The molecule has 3 nitrogen and oxygen atoms in total. The second kappa shape index (κ2) is 2.23. The average molecular weight is 143 g/mol. The van der Waals surface area contributed by atoms with Crippen molar-refractivity contribution in [1.29, 1.82) is 0 Å². The Hall–Kier alpha value is -0.570. The summed E-state index contributed by atoms with van der Waals surface area (Å²) >= 11 is 0. The van der Waals surface area contributed by atoms with Crippen LogP contribution in [0.2, 0.25) is 0 Å². The van der Waals surface area contributed by atoms with Crippen molar-refractivity contribution < 1.29 is 9.53 Å². The Balaban J connectivity index is 2.73. The van der Waals surface area contributed by atoms with Gasteiger partial charge in [0.25, 0.3) is 0 Å². The van der Waals surface area contributed by atoms with Gasteiger partial charge in [-0.05, 0) is 7.05 Å². The number of hydrogen-bond donors (Lipinski definition) is 1. The second-order valence-electron chi connectivity index (χ2n) is 3.32. The van der Waals surface area contributed by atoms with E-state index in [1.807, 2.05) is 13.8 Å². The van der Waals surface area contributed by atoms with Crippen LogP contribution in [-0.4, -0.2) is 25.7 Å². The maximum Gasteiger partial charge on any atom is 0.323 e. The molecule has 1 fully saturated rings. The van der Waals surface area contributed by atoms with E-state index in [-0.39, 0.29) is 17.4 Å². The predicted octanol–water partition coefficient (Wildman–Crippen LogP) is 0.157. The Morgan fingerprint density at radius 3 is 2.50 bits per heavy atom. The number of cyclic esters (lactones) is 1. The van der Waals surface area contributed by atoms with E-state index in [1.165, 1.54) is 0 Å². The van der Waals surface area contributed by atoms with E-state index in [4.69, 9.17) is 4.74 Å². The number of likely N-dealkylation sites (N-methyl/N-ethyl adjacent to an activating group) is 1. The third-order valence-electron chi connectivity index (χ3n) is 1.89. The van der Waals surface area contributed by atoms with Crippen LogP contribution < -0.4 is 5.32 Å². The summed E-state index contributed by atoms with van der Waals surface area (Å²) in [5.74, 6) is -0.132. The SMILES string of the molecule is CN[C@@H]1C(=O)OCC1(C)C. The van der Waals surface area contributed by atoms with Crippen LogP contribution in [0.4, 0.5) is 0 Å². The number of nitrogens with one attached hydrogen (secondary N) is 1. The summed E-state index contributed by atoms with van der Waals surface area (Å²) in [4.78, 5) is 10.9. The molecule has 1 N–H and O–H groups in total. The fourth-order valence-electron chi connectivity index (χ4n) is 1.25. The molecule has 0 bridgehead atoms. The van der Waals surface area contributed by atoms with Crippen LogP contribution in [0, 0.1) is 5.41 Å². The molecule has 1 saturated heterocycles. The summed E-state index contributed by atoms with van der Waals surface area (Å²) in [6.45, 7) is 4.55. The van der Waals surface area contributed by atoms with Crippen LogP contribution in [0.25, 0.3) is 0 Å². The maximum atomic E-state index is 10.9. The number of carbonyl (C=O) groups excluding carboxylic acids is 1. The zero-order chi connectivity index (χ0) is 7.78. The minimum atomic E-state index is -0.132. The highest BCUT2D eigenvalue weighted by molar-refractivity contribution is 5.78. The van der Waals surface area contributed by atoms with Gasteiger partial charge in [0, 0.05) is 5.41 Å². The molecule has 1 atom stereocenters. The first kappa shape index (κ1) is 7.54. The lowest BCUT2D eigenvalue weighted by Gasteiger charge is -2.20. The number of hydrogen-bond acceptors (Lipinski definition) is 3. The highest BCUT2D eigenvalue weighted by Crippen LogP contribution is 2.27. The van der Waals surface area contributed by atoms with Crippen LogP contribution in [-0.2, 0) is 9.53 Å². The van der Waals surface area contributed by atoms with E-state index < -0.39 is 0 Å². The quantitative estimate of drug-likeness (QED) is 0.531. The van der Waals surface area contributed by atoms with Crippen molar-refractivity contribution >= 4 is 5.97 Å². The Morgan fingerprint density at radius 1 is 1.70 bits per heavy atom. The number of carbonyl (C=O) groups is 1. The fraction of sp³-hybridized carbons (Fsp3) is 0.857. The van der Waals surface area contributed by atoms with Gasteiger partial charge in [0.2, 0.25) is 0 Å². The standard InChI is InChI=1S/C7H13NO2/c1-7(2)4-10-6(9)5(7)8-3/h5,8H,4H2,1-3H3/t5-/m1/s1. The Labute approximate surface area is 60.7 Å². The first-order valence-corrected chi connectivity index (χ1v) is 3.42. The highest BCUT2D eigenvalue weighted by Gasteiger charge is 2.42. The minimum absolute atomic E-state index is 0.0498. The summed E-state index contributed by atoms with van der Waals surface area (Å²) in [7, 11) is 1.78. The molecule has 0 aromatic carbocycles. The van der Waals surface area contributed by atoms with Gasteiger partial charge >= 0.3 is 5.97 Å². The van der Waals surface area contributed by atoms with E-state index in [0.717, 1.165) is 0 Å². The van der Waals surface area contributed by atoms with Crippen LogP contribution in [0.15, 0.2) is 0 Å². The summed E-state index contributed by atoms with van der Waals surface area (Å²) in [6, 6.07) is -0.132. The molecule has 0 aromatic heterocycles. The van der Waals surface area contributed by atoms with Crippen molar-refractivity contribution in [3.05, 3.63) is 0 Å². The van der Waals surface area contributed by atoms with Gasteiger partial charge in [-0.3, -0.25) is 4.79 Å².